The molecule has 0 bridgehead atoms. The average molecular weight is 445 g/mol. The molecule has 3 aliphatic rings. The van der Waals surface area contributed by atoms with Gasteiger partial charge in [0.1, 0.15) is 0 Å². The first-order chi connectivity index (χ1) is 15.6. The van der Waals surface area contributed by atoms with Crippen LogP contribution in [0, 0.1) is 35.3 Å². The number of rotatable bonds is 6. The second-order valence-corrected chi connectivity index (χ2v) is 9.85. The van der Waals surface area contributed by atoms with Crippen LogP contribution in [0.25, 0.3) is 5.57 Å². The van der Waals surface area contributed by atoms with E-state index in [-0.39, 0.29) is 5.75 Å². The van der Waals surface area contributed by atoms with Crippen LogP contribution in [0.2, 0.25) is 0 Å². The molecule has 2 aliphatic carbocycles. The minimum Gasteiger partial charge on any atom is -0.491 e. The molecule has 1 aromatic rings. The predicted octanol–water partition coefficient (Wildman–Crippen LogP) is 7.72. The summed E-state index contributed by atoms with van der Waals surface area (Å²) < 4.78 is 40.3. The Balaban J connectivity index is 1.29. The molecule has 1 aromatic carbocycles. The van der Waals surface area contributed by atoms with Crippen molar-refractivity contribution in [2.75, 3.05) is 13.2 Å². The molecule has 3 atom stereocenters. The van der Waals surface area contributed by atoms with Crippen LogP contribution in [0.3, 0.4) is 0 Å². The van der Waals surface area contributed by atoms with Crippen LogP contribution in [0.5, 0.6) is 5.75 Å². The summed E-state index contributed by atoms with van der Waals surface area (Å²) in [6.07, 6.45) is 17.5. The molecule has 3 unspecified atom stereocenters. The number of ether oxygens (including phenoxy) is 2. The van der Waals surface area contributed by atoms with E-state index in [0.29, 0.717) is 36.0 Å². The van der Waals surface area contributed by atoms with Gasteiger partial charge in [-0.2, -0.15) is 4.39 Å². The fourth-order valence-electron chi connectivity index (χ4n) is 6.15. The maximum atomic E-state index is 14.6. The topological polar surface area (TPSA) is 18.5 Å². The molecule has 2 nitrogen and oxygen atoms in total. The molecule has 4 heteroatoms. The number of benzene rings is 1. The van der Waals surface area contributed by atoms with Gasteiger partial charge in [0.2, 0.25) is 5.82 Å². The monoisotopic (exact) mass is 444 g/mol. The summed E-state index contributed by atoms with van der Waals surface area (Å²) in [5, 5.41) is 0. The van der Waals surface area contributed by atoms with Crippen molar-refractivity contribution in [1.29, 1.82) is 0 Å². The number of halogens is 2. The number of hydrogen-bond donors (Lipinski definition) is 0. The Morgan fingerprint density at radius 2 is 1.75 bits per heavy atom. The predicted molar refractivity (Wildman–Crippen MR) is 126 cm³/mol. The van der Waals surface area contributed by atoms with Crippen LogP contribution in [-0.2, 0) is 4.74 Å². The van der Waals surface area contributed by atoms with Crippen molar-refractivity contribution < 1.29 is 18.3 Å². The summed E-state index contributed by atoms with van der Waals surface area (Å²) in [6, 6.07) is 3.23. The summed E-state index contributed by atoms with van der Waals surface area (Å²) in [6.45, 7) is 5.06. The average Bonchev–Trinajstić information content (AvgIpc) is 2.83. The summed E-state index contributed by atoms with van der Waals surface area (Å²) >= 11 is 0. The van der Waals surface area contributed by atoms with Crippen molar-refractivity contribution in [2.45, 2.75) is 77.7 Å². The van der Waals surface area contributed by atoms with E-state index in [0.717, 1.165) is 37.4 Å². The van der Waals surface area contributed by atoms with Crippen LogP contribution in [0.4, 0.5) is 8.78 Å². The standard InChI is InChI=1S/C28H38F2O2/c1-3-5-19-6-16-25(32-18-19)23-13-9-21(10-14-23)20-7-11-22(12-8-20)24-15-17-26(31-4-2)28(30)27(24)29/h3,5,11,15,17,19-21,23,25H,4,6-10,12-14,16,18H2,1-2H3. The van der Waals surface area contributed by atoms with Gasteiger partial charge in [-0.05, 0) is 107 Å². The first-order valence-electron chi connectivity index (χ1n) is 12.6. The van der Waals surface area contributed by atoms with E-state index < -0.39 is 11.6 Å². The molecule has 1 saturated carbocycles. The zero-order valence-corrected chi connectivity index (χ0v) is 19.6. The van der Waals surface area contributed by atoms with Gasteiger partial charge >= 0.3 is 0 Å². The Kier molecular flexibility index (Phi) is 8.04. The molecule has 0 radical (unpaired) electrons. The summed E-state index contributed by atoms with van der Waals surface area (Å²) in [5.41, 5.74) is 1.35. The Morgan fingerprint density at radius 1 is 0.969 bits per heavy atom. The quantitative estimate of drug-likeness (QED) is 0.418. The van der Waals surface area contributed by atoms with E-state index >= 15 is 0 Å². The Bertz CT molecular complexity index is 815. The van der Waals surface area contributed by atoms with Gasteiger partial charge in [0.05, 0.1) is 19.3 Å². The first kappa shape index (κ1) is 23.5. The highest BCUT2D eigenvalue weighted by Crippen LogP contribution is 2.44. The van der Waals surface area contributed by atoms with E-state index in [4.69, 9.17) is 9.47 Å². The molecule has 1 saturated heterocycles. The van der Waals surface area contributed by atoms with Gasteiger partial charge in [0.25, 0.3) is 0 Å². The molecule has 0 aromatic heterocycles. The van der Waals surface area contributed by atoms with Crippen LogP contribution in [0.15, 0.2) is 30.4 Å². The smallest absolute Gasteiger partial charge is 0.201 e. The maximum Gasteiger partial charge on any atom is 0.201 e. The zero-order valence-electron chi connectivity index (χ0n) is 19.6. The third-order valence-electron chi connectivity index (χ3n) is 7.96. The summed E-state index contributed by atoms with van der Waals surface area (Å²) in [4.78, 5) is 0. The molecular formula is C28H38F2O2. The first-order valence-corrected chi connectivity index (χ1v) is 12.6. The molecule has 0 amide bonds. The van der Waals surface area contributed by atoms with Gasteiger partial charge < -0.3 is 9.47 Å². The molecule has 0 N–H and O–H groups in total. The molecule has 0 spiro atoms. The summed E-state index contributed by atoms with van der Waals surface area (Å²) in [5.74, 6) is 1.10. The van der Waals surface area contributed by atoms with Crippen molar-refractivity contribution in [3.63, 3.8) is 0 Å². The normalized spacial score (nSPS) is 31.5. The lowest BCUT2D eigenvalue weighted by Gasteiger charge is -2.40. The second kappa shape index (κ2) is 11.0. The van der Waals surface area contributed by atoms with Crippen molar-refractivity contribution in [3.8, 4) is 5.75 Å². The van der Waals surface area contributed by atoms with Crippen LogP contribution in [0.1, 0.15) is 77.2 Å². The van der Waals surface area contributed by atoms with Gasteiger partial charge in [0, 0.05) is 11.5 Å². The second-order valence-electron chi connectivity index (χ2n) is 9.85. The number of allylic oxidation sites excluding steroid dienone is 3. The minimum absolute atomic E-state index is 0.000842. The molecule has 32 heavy (non-hydrogen) atoms. The molecule has 1 aliphatic heterocycles. The fraction of sp³-hybridized carbons (Fsp3) is 0.643. The lowest BCUT2D eigenvalue weighted by Crippen LogP contribution is -2.34. The van der Waals surface area contributed by atoms with E-state index in [1.54, 1.807) is 19.1 Å². The highest BCUT2D eigenvalue weighted by Gasteiger charge is 2.34. The van der Waals surface area contributed by atoms with E-state index in [9.17, 15) is 8.78 Å². The molecule has 4 rings (SSSR count). The maximum absolute atomic E-state index is 14.6. The van der Waals surface area contributed by atoms with Crippen molar-refractivity contribution in [2.24, 2.45) is 23.7 Å². The Labute approximate surface area is 192 Å². The highest BCUT2D eigenvalue weighted by atomic mass is 19.2. The Hall–Kier alpha value is -1.68. The van der Waals surface area contributed by atoms with E-state index in [2.05, 4.69) is 25.2 Å². The van der Waals surface area contributed by atoms with Crippen LogP contribution < -0.4 is 4.74 Å². The van der Waals surface area contributed by atoms with Crippen molar-refractivity contribution in [3.05, 3.63) is 47.6 Å². The van der Waals surface area contributed by atoms with E-state index in [1.807, 2.05) is 0 Å². The minimum atomic E-state index is -0.868. The van der Waals surface area contributed by atoms with E-state index in [1.165, 1.54) is 38.5 Å². The lowest BCUT2D eigenvalue weighted by molar-refractivity contribution is -0.0512. The molecule has 2 fully saturated rings. The van der Waals surface area contributed by atoms with Crippen LogP contribution in [-0.4, -0.2) is 19.3 Å². The fourth-order valence-corrected chi connectivity index (χ4v) is 6.15. The molecular weight excluding hydrogens is 406 g/mol. The van der Waals surface area contributed by atoms with Crippen molar-refractivity contribution in [1.82, 2.24) is 0 Å². The zero-order chi connectivity index (χ0) is 22.5. The SMILES string of the molecule is CC=CC1CCC(C2CCC(C3CC=C(c4ccc(OCC)c(F)c4F)CC3)CC2)OC1. The molecule has 1 heterocycles. The summed E-state index contributed by atoms with van der Waals surface area (Å²) in [7, 11) is 0. The van der Waals surface area contributed by atoms with Gasteiger partial charge in [0.15, 0.2) is 11.6 Å². The number of hydrogen-bond acceptors (Lipinski definition) is 2. The third-order valence-corrected chi connectivity index (χ3v) is 7.96. The molecule has 176 valence electrons. The van der Waals surface area contributed by atoms with Gasteiger partial charge in [-0.3, -0.25) is 0 Å². The highest BCUT2D eigenvalue weighted by molar-refractivity contribution is 5.67. The van der Waals surface area contributed by atoms with Gasteiger partial charge in [-0.25, -0.2) is 4.39 Å². The van der Waals surface area contributed by atoms with Gasteiger partial charge in [-0.1, -0.05) is 18.2 Å². The van der Waals surface area contributed by atoms with Crippen molar-refractivity contribution >= 4 is 5.57 Å². The van der Waals surface area contributed by atoms with Crippen LogP contribution >= 0.6 is 0 Å². The van der Waals surface area contributed by atoms with Gasteiger partial charge in [-0.15, -0.1) is 0 Å². The largest absolute Gasteiger partial charge is 0.491 e. The Morgan fingerprint density at radius 3 is 2.38 bits per heavy atom. The lowest BCUT2D eigenvalue weighted by atomic mass is 9.69. The third kappa shape index (κ3) is 5.27.